The van der Waals surface area contributed by atoms with Crippen molar-refractivity contribution < 1.29 is 13.3 Å². The van der Waals surface area contributed by atoms with Crippen molar-refractivity contribution in [2.45, 2.75) is 18.6 Å². The summed E-state index contributed by atoms with van der Waals surface area (Å²) >= 11 is 0. The lowest BCUT2D eigenvalue weighted by Gasteiger charge is -2.29. The third kappa shape index (κ3) is 4.89. The Kier molecular flexibility index (Phi) is 6.97. The highest BCUT2D eigenvalue weighted by molar-refractivity contribution is 6.60. The van der Waals surface area contributed by atoms with Gasteiger partial charge in [-0.1, -0.05) is 36.4 Å². The molecule has 5 heteroatoms. The summed E-state index contributed by atoms with van der Waals surface area (Å²) in [5.41, 5.74) is 6.79. The van der Waals surface area contributed by atoms with Gasteiger partial charge in [-0.15, -0.1) is 6.58 Å². The minimum absolute atomic E-state index is 0.138. The predicted molar refractivity (Wildman–Crippen MR) is 78.8 cm³/mol. The van der Waals surface area contributed by atoms with Crippen LogP contribution in [0.25, 0.3) is 0 Å². The zero-order chi connectivity index (χ0) is 14.1. The smallest absolute Gasteiger partial charge is 0.377 e. The third-order valence-corrected chi connectivity index (χ3v) is 5.75. The Morgan fingerprint density at radius 1 is 1.26 bits per heavy atom. The highest BCUT2D eigenvalue weighted by atomic mass is 28.4. The van der Waals surface area contributed by atoms with Crippen molar-refractivity contribution in [3.8, 4) is 0 Å². The van der Waals surface area contributed by atoms with Gasteiger partial charge in [0.05, 0.1) is 6.10 Å². The Balaban J connectivity index is 2.71. The molecular formula is C14H23NO3Si. The zero-order valence-corrected chi connectivity index (χ0v) is 12.7. The second kappa shape index (κ2) is 8.24. The fourth-order valence-corrected chi connectivity index (χ4v) is 3.75. The zero-order valence-electron chi connectivity index (χ0n) is 11.7. The summed E-state index contributed by atoms with van der Waals surface area (Å²) in [6.07, 6.45) is 2.39. The van der Waals surface area contributed by atoms with Crippen LogP contribution < -0.4 is 5.73 Å². The second-order valence-corrected chi connectivity index (χ2v) is 7.13. The van der Waals surface area contributed by atoms with E-state index in [-0.39, 0.29) is 6.10 Å². The Morgan fingerprint density at radius 3 is 2.37 bits per heavy atom. The first-order chi connectivity index (χ1) is 9.19. The lowest BCUT2D eigenvalue weighted by atomic mass is 10.1. The topological polar surface area (TPSA) is 53.7 Å². The van der Waals surface area contributed by atoms with Crippen molar-refractivity contribution >= 4 is 8.80 Å². The SMILES string of the molecule is C=CC(Cc1ccccc1)O[Si](CCN)(OC)OC. The minimum atomic E-state index is -2.68. The Morgan fingerprint density at radius 2 is 1.89 bits per heavy atom. The van der Waals surface area contributed by atoms with Gasteiger partial charge in [-0.05, 0) is 12.1 Å². The molecule has 2 N–H and O–H groups in total. The van der Waals surface area contributed by atoms with E-state index < -0.39 is 8.80 Å². The summed E-state index contributed by atoms with van der Waals surface area (Å²) in [5, 5.41) is 0. The van der Waals surface area contributed by atoms with Crippen LogP contribution in [0.3, 0.4) is 0 Å². The molecular weight excluding hydrogens is 258 g/mol. The molecule has 0 amide bonds. The van der Waals surface area contributed by atoms with Gasteiger partial charge in [0.25, 0.3) is 0 Å². The van der Waals surface area contributed by atoms with Gasteiger partial charge in [-0.3, -0.25) is 0 Å². The molecule has 0 aliphatic carbocycles. The van der Waals surface area contributed by atoms with Crippen LogP contribution in [0.15, 0.2) is 43.0 Å². The fourth-order valence-electron chi connectivity index (χ4n) is 1.87. The highest BCUT2D eigenvalue weighted by Crippen LogP contribution is 2.18. The molecule has 0 aliphatic rings. The van der Waals surface area contributed by atoms with Crippen molar-refractivity contribution in [3.05, 3.63) is 48.6 Å². The summed E-state index contributed by atoms with van der Waals surface area (Å²) in [7, 11) is 0.533. The van der Waals surface area contributed by atoms with E-state index in [0.717, 1.165) is 6.42 Å². The summed E-state index contributed by atoms with van der Waals surface area (Å²) in [5.74, 6) is 0. The van der Waals surface area contributed by atoms with Crippen LogP contribution in [0.4, 0.5) is 0 Å². The molecule has 1 atom stereocenters. The Hall–Kier alpha value is -0.983. The van der Waals surface area contributed by atoms with Gasteiger partial charge in [-0.2, -0.15) is 0 Å². The molecule has 4 nitrogen and oxygen atoms in total. The van der Waals surface area contributed by atoms with Crippen molar-refractivity contribution in [1.82, 2.24) is 0 Å². The first-order valence-corrected chi connectivity index (χ1v) is 8.27. The molecule has 0 fully saturated rings. The molecule has 0 heterocycles. The van der Waals surface area contributed by atoms with Crippen LogP contribution >= 0.6 is 0 Å². The molecule has 0 bridgehead atoms. The number of hydrogen-bond donors (Lipinski definition) is 1. The fraction of sp³-hybridized carbons (Fsp3) is 0.429. The summed E-state index contributed by atoms with van der Waals surface area (Å²) < 4.78 is 17.0. The van der Waals surface area contributed by atoms with E-state index in [0.29, 0.717) is 12.6 Å². The molecule has 0 saturated heterocycles. The van der Waals surface area contributed by atoms with Crippen molar-refractivity contribution in [3.63, 3.8) is 0 Å². The monoisotopic (exact) mass is 281 g/mol. The average Bonchev–Trinajstić information content (AvgIpc) is 2.47. The van der Waals surface area contributed by atoms with E-state index in [9.17, 15) is 0 Å². The van der Waals surface area contributed by atoms with Crippen LogP contribution in [0, 0.1) is 0 Å². The Labute approximate surface area is 116 Å². The van der Waals surface area contributed by atoms with Crippen LogP contribution in [0.5, 0.6) is 0 Å². The standard InChI is InChI=1S/C14H23NO3Si/c1-4-14(12-13-8-6-5-7-9-13)18-19(16-2,17-3)11-10-15/h4-9,14H,1,10-12,15H2,2-3H3. The van der Waals surface area contributed by atoms with E-state index in [1.165, 1.54) is 5.56 Å². The maximum Gasteiger partial charge on any atom is 0.502 e. The van der Waals surface area contributed by atoms with E-state index in [2.05, 4.69) is 18.7 Å². The van der Waals surface area contributed by atoms with Crippen LogP contribution in [-0.2, 0) is 19.7 Å². The van der Waals surface area contributed by atoms with E-state index in [1.54, 1.807) is 20.3 Å². The lowest BCUT2D eigenvalue weighted by Crippen LogP contribution is -2.48. The van der Waals surface area contributed by atoms with Gasteiger partial charge >= 0.3 is 8.80 Å². The summed E-state index contributed by atoms with van der Waals surface area (Å²) in [4.78, 5) is 0. The lowest BCUT2D eigenvalue weighted by molar-refractivity contribution is 0.0744. The van der Waals surface area contributed by atoms with Gasteiger partial charge in [0.2, 0.25) is 0 Å². The molecule has 0 aliphatic heterocycles. The first-order valence-electron chi connectivity index (χ1n) is 6.34. The molecule has 106 valence electrons. The minimum Gasteiger partial charge on any atom is -0.377 e. The second-order valence-electron chi connectivity index (χ2n) is 4.21. The maximum atomic E-state index is 6.03. The Bertz CT molecular complexity index is 368. The molecule has 0 spiro atoms. The molecule has 1 rings (SSSR count). The molecule has 1 aromatic rings. The number of benzene rings is 1. The van der Waals surface area contributed by atoms with Gasteiger partial charge in [0.1, 0.15) is 0 Å². The quantitative estimate of drug-likeness (QED) is 0.555. The molecule has 1 unspecified atom stereocenters. The summed E-state index contributed by atoms with van der Waals surface area (Å²) in [6, 6.07) is 10.7. The van der Waals surface area contributed by atoms with Gasteiger partial charge in [0.15, 0.2) is 0 Å². The van der Waals surface area contributed by atoms with Crippen LogP contribution in [0.2, 0.25) is 6.04 Å². The van der Waals surface area contributed by atoms with Crippen molar-refractivity contribution in [2.24, 2.45) is 5.73 Å². The molecule has 0 saturated carbocycles. The first kappa shape index (κ1) is 16.1. The van der Waals surface area contributed by atoms with Gasteiger partial charge < -0.3 is 19.0 Å². The third-order valence-electron chi connectivity index (χ3n) is 2.95. The number of nitrogens with two attached hydrogens (primary N) is 1. The van der Waals surface area contributed by atoms with E-state index in [1.807, 2.05) is 18.2 Å². The molecule has 0 radical (unpaired) electrons. The average molecular weight is 281 g/mol. The summed E-state index contributed by atoms with van der Waals surface area (Å²) in [6.45, 7) is 4.30. The molecule has 1 aromatic carbocycles. The maximum absolute atomic E-state index is 6.03. The van der Waals surface area contributed by atoms with Crippen molar-refractivity contribution in [1.29, 1.82) is 0 Å². The largest absolute Gasteiger partial charge is 0.502 e. The number of hydrogen-bond acceptors (Lipinski definition) is 4. The molecule has 19 heavy (non-hydrogen) atoms. The van der Waals surface area contributed by atoms with E-state index >= 15 is 0 Å². The van der Waals surface area contributed by atoms with Gasteiger partial charge in [-0.25, -0.2) is 0 Å². The van der Waals surface area contributed by atoms with Crippen LogP contribution in [-0.4, -0.2) is 35.7 Å². The van der Waals surface area contributed by atoms with Crippen molar-refractivity contribution in [2.75, 3.05) is 20.8 Å². The normalized spacial score (nSPS) is 13.2. The molecule has 0 aromatic heterocycles. The number of rotatable bonds is 9. The van der Waals surface area contributed by atoms with Crippen LogP contribution in [0.1, 0.15) is 5.56 Å². The predicted octanol–water partition coefficient (Wildman–Crippen LogP) is 1.99. The van der Waals surface area contributed by atoms with E-state index in [4.69, 9.17) is 19.0 Å². The highest BCUT2D eigenvalue weighted by Gasteiger charge is 2.40. The van der Waals surface area contributed by atoms with Gasteiger partial charge in [0, 0.05) is 26.7 Å².